The second-order valence-corrected chi connectivity index (χ2v) is 6.79. The summed E-state index contributed by atoms with van der Waals surface area (Å²) in [7, 11) is 2.25. The fraction of sp³-hybridized carbons (Fsp3) is 0.647. The van der Waals surface area contributed by atoms with Crippen molar-refractivity contribution in [2.24, 2.45) is 0 Å². The molecule has 0 amide bonds. The summed E-state index contributed by atoms with van der Waals surface area (Å²) in [5, 5.41) is 3.64. The fourth-order valence-corrected chi connectivity index (χ4v) is 3.01. The second-order valence-electron chi connectivity index (χ2n) is 6.79. The Kier molecular flexibility index (Phi) is 4.51. The summed E-state index contributed by atoms with van der Waals surface area (Å²) >= 11 is 0. The molecule has 1 saturated heterocycles. The third kappa shape index (κ3) is 3.73. The van der Waals surface area contributed by atoms with Crippen LogP contribution in [-0.4, -0.2) is 31.1 Å². The van der Waals surface area contributed by atoms with Crippen molar-refractivity contribution in [2.45, 2.75) is 51.5 Å². The van der Waals surface area contributed by atoms with Crippen LogP contribution in [0.1, 0.15) is 45.6 Å². The van der Waals surface area contributed by atoms with Gasteiger partial charge in [0, 0.05) is 18.3 Å². The van der Waals surface area contributed by atoms with Crippen molar-refractivity contribution >= 4 is 5.69 Å². The van der Waals surface area contributed by atoms with Gasteiger partial charge in [-0.1, -0.05) is 39.0 Å². The summed E-state index contributed by atoms with van der Waals surface area (Å²) in [5.74, 6) is 0. The molecule has 106 valence electrons. The molecule has 2 nitrogen and oxygen atoms in total. The van der Waals surface area contributed by atoms with Crippen LogP contribution >= 0.6 is 0 Å². The van der Waals surface area contributed by atoms with Crippen LogP contribution in [0.3, 0.4) is 0 Å². The molecule has 0 saturated carbocycles. The molecule has 1 atom stereocenters. The van der Waals surface area contributed by atoms with Crippen LogP contribution in [-0.2, 0) is 5.41 Å². The van der Waals surface area contributed by atoms with Gasteiger partial charge in [-0.05, 0) is 49.9 Å². The first-order chi connectivity index (χ1) is 8.98. The predicted octanol–water partition coefficient (Wildman–Crippen LogP) is 3.88. The molecule has 1 aromatic carbocycles. The molecule has 0 aliphatic carbocycles. The van der Waals surface area contributed by atoms with E-state index in [1.165, 1.54) is 37.1 Å². The smallest absolute Gasteiger partial charge is 0.0378 e. The Balaban J connectivity index is 1.92. The minimum atomic E-state index is 0.202. The summed E-state index contributed by atoms with van der Waals surface area (Å²) in [5.41, 5.74) is 2.92. The Hall–Kier alpha value is -1.02. The van der Waals surface area contributed by atoms with Gasteiger partial charge in [0.15, 0.2) is 0 Å². The number of hydrogen-bond donors (Lipinski definition) is 1. The Morgan fingerprint density at radius 1 is 1.26 bits per heavy atom. The maximum atomic E-state index is 3.64. The van der Waals surface area contributed by atoms with Crippen molar-refractivity contribution in [3.63, 3.8) is 0 Å². The molecular weight excluding hydrogens is 232 g/mol. The third-order valence-corrected chi connectivity index (χ3v) is 4.20. The zero-order chi connectivity index (χ0) is 13.9. The molecule has 2 rings (SSSR count). The van der Waals surface area contributed by atoms with E-state index in [-0.39, 0.29) is 5.41 Å². The number of hydrogen-bond acceptors (Lipinski definition) is 2. The van der Waals surface area contributed by atoms with E-state index in [1.807, 2.05) is 0 Å². The predicted molar refractivity (Wildman–Crippen MR) is 83.9 cm³/mol. The monoisotopic (exact) mass is 260 g/mol. The minimum absolute atomic E-state index is 0.202. The Morgan fingerprint density at radius 3 is 2.63 bits per heavy atom. The molecule has 0 radical (unpaired) electrons. The van der Waals surface area contributed by atoms with Gasteiger partial charge in [0.1, 0.15) is 0 Å². The zero-order valence-corrected chi connectivity index (χ0v) is 12.9. The highest BCUT2D eigenvalue weighted by Gasteiger charge is 2.21. The Morgan fingerprint density at radius 2 is 2.00 bits per heavy atom. The average Bonchev–Trinajstić information content (AvgIpc) is 2.75. The topological polar surface area (TPSA) is 15.3 Å². The SMILES string of the molecule is CN1CCCC1CCNc1ccccc1C(C)(C)C. The van der Waals surface area contributed by atoms with Gasteiger partial charge >= 0.3 is 0 Å². The zero-order valence-electron chi connectivity index (χ0n) is 12.9. The molecule has 1 aliphatic rings. The third-order valence-electron chi connectivity index (χ3n) is 4.20. The summed E-state index contributed by atoms with van der Waals surface area (Å²) in [6.45, 7) is 9.17. The normalized spacial score (nSPS) is 20.7. The van der Waals surface area contributed by atoms with Crippen molar-refractivity contribution in [3.8, 4) is 0 Å². The van der Waals surface area contributed by atoms with E-state index in [2.05, 4.69) is 62.3 Å². The van der Waals surface area contributed by atoms with Gasteiger partial charge in [0.25, 0.3) is 0 Å². The lowest BCUT2D eigenvalue weighted by molar-refractivity contribution is 0.301. The lowest BCUT2D eigenvalue weighted by atomic mass is 9.86. The highest BCUT2D eigenvalue weighted by atomic mass is 15.1. The first-order valence-electron chi connectivity index (χ1n) is 7.52. The van der Waals surface area contributed by atoms with Crippen LogP contribution in [0.15, 0.2) is 24.3 Å². The van der Waals surface area contributed by atoms with Gasteiger partial charge in [-0.25, -0.2) is 0 Å². The minimum Gasteiger partial charge on any atom is -0.385 e. The molecule has 2 heteroatoms. The maximum Gasteiger partial charge on any atom is 0.0378 e. The van der Waals surface area contributed by atoms with E-state index in [0.717, 1.165) is 12.6 Å². The number of likely N-dealkylation sites (tertiary alicyclic amines) is 1. The van der Waals surface area contributed by atoms with E-state index in [4.69, 9.17) is 0 Å². The maximum absolute atomic E-state index is 3.64. The number of benzene rings is 1. The van der Waals surface area contributed by atoms with E-state index >= 15 is 0 Å². The molecule has 1 aromatic rings. The molecule has 0 bridgehead atoms. The Bertz CT molecular complexity index is 406. The standard InChI is InChI=1S/C17H28N2/c1-17(2,3)15-9-5-6-10-16(15)18-12-11-14-8-7-13-19(14)4/h5-6,9-10,14,18H,7-8,11-13H2,1-4H3. The van der Waals surface area contributed by atoms with Crippen molar-refractivity contribution < 1.29 is 0 Å². The molecule has 1 heterocycles. The van der Waals surface area contributed by atoms with Gasteiger partial charge < -0.3 is 10.2 Å². The number of rotatable bonds is 4. The molecule has 1 aliphatic heterocycles. The van der Waals surface area contributed by atoms with Crippen molar-refractivity contribution in [1.29, 1.82) is 0 Å². The molecular formula is C17H28N2. The van der Waals surface area contributed by atoms with Crippen LogP contribution in [0, 0.1) is 0 Å². The molecule has 19 heavy (non-hydrogen) atoms. The fourth-order valence-electron chi connectivity index (χ4n) is 3.01. The van der Waals surface area contributed by atoms with E-state index in [0.29, 0.717) is 0 Å². The highest BCUT2D eigenvalue weighted by Crippen LogP contribution is 2.29. The lowest BCUT2D eigenvalue weighted by Crippen LogP contribution is -2.27. The van der Waals surface area contributed by atoms with Crippen LogP contribution < -0.4 is 5.32 Å². The van der Waals surface area contributed by atoms with Gasteiger partial charge in [0.05, 0.1) is 0 Å². The molecule has 0 spiro atoms. The van der Waals surface area contributed by atoms with Gasteiger partial charge in [-0.15, -0.1) is 0 Å². The number of nitrogens with one attached hydrogen (secondary N) is 1. The summed E-state index contributed by atoms with van der Waals surface area (Å²) in [6, 6.07) is 9.48. The van der Waals surface area contributed by atoms with Crippen molar-refractivity contribution in [3.05, 3.63) is 29.8 Å². The number of anilines is 1. The summed E-state index contributed by atoms with van der Waals surface area (Å²) in [4.78, 5) is 2.50. The van der Waals surface area contributed by atoms with Gasteiger partial charge in [0.2, 0.25) is 0 Å². The van der Waals surface area contributed by atoms with E-state index < -0.39 is 0 Å². The van der Waals surface area contributed by atoms with Crippen LogP contribution in [0.25, 0.3) is 0 Å². The van der Waals surface area contributed by atoms with Gasteiger partial charge in [-0.2, -0.15) is 0 Å². The second kappa shape index (κ2) is 5.96. The quantitative estimate of drug-likeness (QED) is 0.884. The highest BCUT2D eigenvalue weighted by molar-refractivity contribution is 5.54. The summed E-state index contributed by atoms with van der Waals surface area (Å²) < 4.78 is 0. The Labute approximate surface area is 118 Å². The van der Waals surface area contributed by atoms with Crippen LogP contribution in [0.2, 0.25) is 0 Å². The van der Waals surface area contributed by atoms with Crippen molar-refractivity contribution in [2.75, 3.05) is 25.5 Å². The van der Waals surface area contributed by atoms with Gasteiger partial charge in [-0.3, -0.25) is 0 Å². The largest absolute Gasteiger partial charge is 0.385 e. The molecule has 1 fully saturated rings. The number of para-hydroxylation sites is 1. The summed E-state index contributed by atoms with van der Waals surface area (Å²) in [6.07, 6.45) is 3.97. The van der Waals surface area contributed by atoms with E-state index in [1.54, 1.807) is 0 Å². The van der Waals surface area contributed by atoms with Crippen LogP contribution in [0.4, 0.5) is 5.69 Å². The first-order valence-corrected chi connectivity index (χ1v) is 7.52. The van der Waals surface area contributed by atoms with Crippen LogP contribution in [0.5, 0.6) is 0 Å². The van der Waals surface area contributed by atoms with Crippen molar-refractivity contribution in [1.82, 2.24) is 4.90 Å². The molecule has 1 unspecified atom stereocenters. The first kappa shape index (κ1) is 14.4. The molecule has 0 aromatic heterocycles. The number of nitrogens with zero attached hydrogens (tertiary/aromatic N) is 1. The molecule has 1 N–H and O–H groups in total. The average molecular weight is 260 g/mol. The van der Waals surface area contributed by atoms with E-state index in [9.17, 15) is 0 Å². The lowest BCUT2D eigenvalue weighted by Gasteiger charge is -2.24.